The molecule has 0 bridgehead atoms. The lowest BCUT2D eigenvalue weighted by molar-refractivity contribution is -0.144. The Morgan fingerprint density at radius 2 is 2.16 bits per heavy atom. The Morgan fingerprint density at radius 3 is 2.96 bits per heavy atom. The summed E-state index contributed by atoms with van der Waals surface area (Å²) >= 11 is 0. The van der Waals surface area contributed by atoms with Crippen molar-refractivity contribution in [3.8, 4) is 0 Å². The van der Waals surface area contributed by atoms with E-state index in [4.69, 9.17) is 4.74 Å². The van der Waals surface area contributed by atoms with Crippen LogP contribution in [-0.2, 0) is 19.1 Å². The summed E-state index contributed by atoms with van der Waals surface area (Å²) in [6, 6.07) is -0.125. The molecule has 0 aromatic heterocycles. The molecule has 2 rings (SSSR count). The fourth-order valence-corrected chi connectivity index (χ4v) is 3.26. The van der Waals surface area contributed by atoms with Crippen LogP contribution in [0.3, 0.4) is 0 Å². The van der Waals surface area contributed by atoms with Crippen LogP contribution in [0.1, 0.15) is 44.9 Å². The smallest absolute Gasteiger partial charge is 0.305 e. The van der Waals surface area contributed by atoms with Gasteiger partial charge in [0.1, 0.15) is 6.61 Å². The van der Waals surface area contributed by atoms with E-state index in [0.29, 0.717) is 25.8 Å². The van der Waals surface area contributed by atoms with Crippen molar-refractivity contribution >= 4 is 17.8 Å². The van der Waals surface area contributed by atoms with Crippen molar-refractivity contribution in [1.82, 2.24) is 10.2 Å². The van der Waals surface area contributed by atoms with Gasteiger partial charge in [-0.3, -0.25) is 14.4 Å². The largest absolute Gasteiger partial charge is 0.464 e. The highest BCUT2D eigenvalue weighted by Crippen LogP contribution is 2.21. The molecule has 2 N–H and O–H groups in total. The van der Waals surface area contributed by atoms with Gasteiger partial charge in [0.15, 0.2) is 0 Å². The van der Waals surface area contributed by atoms with Gasteiger partial charge in [-0.15, -0.1) is 0 Å². The van der Waals surface area contributed by atoms with Crippen molar-refractivity contribution in [3.63, 3.8) is 0 Å². The average molecular weight is 352 g/mol. The molecule has 1 saturated heterocycles. The summed E-state index contributed by atoms with van der Waals surface area (Å²) in [4.78, 5) is 38.1. The second-order valence-electron chi connectivity index (χ2n) is 6.58. The number of ether oxygens (including phenoxy) is 1. The van der Waals surface area contributed by atoms with Gasteiger partial charge in [-0.25, -0.2) is 0 Å². The predicted molar refractivity (Wildman–Crippen MR) is 91.5 cm³/mol. The lowest BCUT2D eigenvalue weighted by atomic mass is 9.98. The molecule has 0 spiro atoms. The molecule has 2 heterocycles. The molecule has 0 radical (unpaired) electrons. The molecule has 2 amide bonds. The normalized spacial score (nSPS) is 26.2. The zero-order valence-electron chi connectivity index (χ0n) is 14.6. The van der Waals surface area contributed by atoms with Crippen LogP contribution in [0.5, 0.6) is 0 Å². The molecule has 140 valence electrons. The molecule has 0 aliphatic carbocycles. The molecule has 2 aliphatic rings. The number of rotatable bonds is 3. The first-order valence-corrected chi connectivity index (χ1v) is 9.10. The molecular weight excluding hydrogens is 324 g/mol. The summed E-state index contributed by atoms with van der Waals surface area (Å²) in [6.45, 7) is 1.01. The minimum atomic E-state index is -0.444. The second-order valence-corrected chi connectivity index (χ2v) is 6.58. The van der Waals surface area contributed by atoms with E-state index in [0.717, 1.165) is 19.3 Å². The summed E-state index contributed by atoms with van der Waals surface area (Å²) in [7, 11) is 0. The van der Waals surface area contributed by atoms with Crippen molar-refractivity contribution in [2.75, 3.05) is 26.3 Å². The van der Waals surface area contributed by atoms with Gasteiger partial charge in [0.25, 0.3) is 0 Å². The number of aliphatic hydroxyl groups excluding tert-OH is 1. The summed E-state index contributed by atoms with van der Waals surface area (Å²) in [5.41, 5.74) is 0. The van der Waals surface area contributed by atoms with Crippen molar-refractivity contribution < 1.29 is 24.2 Å². The van der Waals surface area contributed by atoms with Crippen LogP contribution in [0.2, 0.25) is 0 Å². The van der Waals surface area contributed by atoms with Gasteiger partial charge in [0.05, 0.1) is 25.1 Å². The maximum Gasteiger partial charge on any atom is 0.305 e. The summed E-state index contributed by atoms with van der Waals surface area (Å²) in [5, 5.41) is 12.1. The van der Waals surface area contributed by atoms with Gasteiger partial charge in [-0.1, -0.05) is 12.2 Å². The summed E-state index contributed by atoms with van der Waals surface area (Å²) in [6.07, 6.45) is 8.01. The number of hydrogen-bond acceptors (Lipinski definition) is 5. The van der Waals surface area contributed by atoms with E-state index in [1.54, 1.807) is 4.90 Å². The fraction of sp³-hybridized carbons (Fsp3) is 0.722. The summed E-state index contributed by atoms with van der Waals surface area (Å²) < 4.78 is 5.05. The third kappa shape index (κ3) is 6.16. The van der Waals surface area contributed by atoms with E-state index in [1.807, 2.05) is 12.2 Å². The van der Waals surface area contributed by atoms with E-state index in [9.17, 15) is 19.5 Å². The Labute approximate surface area is 148 Å². The SMILES string of the molecule is O=C1CCCC=CCC(CC(=O)N2CCCC2CO)C(=O)NCCO1. The van der Waals surface area contributed by atoms with Crippen LogP contribution in [0, 0.1) is 5.92 Å². The molecular formula is C18H28N2O5. The molecule has 0 aromatic carbocycles. The van der Waals surface area contributed by atoms with Gasteiger partial charge in [0, 0.05) is 19.4 Å². The maximum atomic E-state index is 12.5. The molecule has 7 nitrogen and oxygen atoms in total. The van der Waals surface area contributed by atoms with Crippen molar-refractivity contribution in [2.45, 2.75) is 51.0 Å². The number of likely N-dealkylation sites (tertiary alicyclic amines) is 1. The highest BCUT2D eigenvalue weighted by molar-refractivity contribution is 5.86. The van der Waals surface area contributed by atoms with Gasteiger partial charge >= 0.3 is 5.97 Å². The number of nitrogens with zero attached hydrogens (tertiary/aromatic N) is 1. The molecule has 0 aromatic rings. The first kappa shape index (κ1) is 19.4. The van der Waals surface area contributed by atoms with Crippen molar-refractivity contribution in [3.05, 3.63) is 12.2 Å². The number of carbonyl (C=O) groups excluding carboxylic acids is 3. The third-order valence-electron chi connectivity index (χ3n) is 4.70. The molecule has 2 unspecified atom stereocenters. The number of amides is 2. The minimum Gasteiger partial charge on any atom is -0.464 e. The number of cyclic esters (lactones) is 1. The zero-order chi connectivity index (χ0) is 18.1. The first-order chi connectivity index (χ1) is 12.1. The summed E-state index contributed by atoms with van der Waals surface area (Å²) in [5.74, 6) is -0.980. The van der Waals surface area contributed by atoms with Gasteiger partial charge in [-0.05, 0) is 32.1 Å². The van der Waals surface area contributed by atoms with E-state index in [-0.39, 0.29) is 50.0 Å². The maximum absolute atomic E-state index is 12.5. The number of allylic oxidation sites excluding steroid dienone is 2. The van der Waals surface area contributed by atoms with Crippen molar-refractivity contribution in [1.29, 1.82) is 0 Å². The Bertz CT molecular complexity index is 506. The number of nitrogens with one attached hydrogen (secondary N) is 1. The predicted octanol–water partition coefficient (Wildman–Crippen LogP) is 0.766. The topological polar surface area (TPSA) is 95.9 Å². The number of carbonyl (C=O) groups is 3. The fourth-order valence-electron chi connectivity index (χ4n) is 3.26. The van der Waals surface area contributed by atoms with Gasteiger partial charge < -0.3 is 20.1 Å². The standard InChI is InChI=1S/C18H28N2O5/c21-13-15-7-5-10-20(15)16(22)12-14-6-3-1-2-4-8-17(23)25-11-9-19-18(14)24/h1,3,14-15,21H,2,4-13H2,(H,19,24). The molecule has 7 heteroatoms. The highest BCUT2D eigenvalue weighted by Gasteiger charge is 2.31. The molecule has 0 saturated carbocycles. The minimum absolute atomic E-state index is 0.0339. The Balaban J connectivity index is 1.95. The zero-order valence-corrected chi connectivity index (χ0v) is 14.6. The Hall–Kier alpha value is -1.89. The average Bonchev–Trinajstić information content (AvgIpc) is 3.08. The van der Waals surface area contributed by atoms with Crippen LogP contribution in [0.4, 0.5) is 0 Å². The Morgan fingerprint density at radius 1 is 1.32 bits per heavy atom. The van der Waals surface area contributed by atoms with Crippen molar-refractivity contribution in [2.24, 2.45) is 5.92 Å². The van der Waals surface area contributed by atoms with E-state index < -0.39 is 5.92 Å². The van der Waals surface area contributed by atoms with Crippen LogP contribution >= 0.6 is 0 Å². The van der Waals surface area contributed by atoms with Gasteiger partial charge in [0.2, 0.25) is 11.8 Å². The lowest BCUT2D eigenvalue weighted by Crippen LogP contribution is -2.41. The molecule has 2 aliphatic heterocycles. The van der Waals surface area contributed by atoms with Gasteiger partial charge in [-0.2, -0.15) is 0 Å². The highest BCUT2D eigenvalue weighted by atomic mass is 16.5. The number of hydrogen-bond donors (Lipinski definition) is 2. The van der Waals surface area contributed by atoms with Crippen LogP contribution in [-0.4, -0.2) is 60.1 Å². The Kier molecular flexibility index (Phi) is 7.91. The number of esters is 1. The quantitative estimate of drug-likeness (QED) is 0.578. The van der Waals surface area contributed by atoms with Crippen LogP contribution < -0.4 is 5.32 Å². The molecule has 1 fully saturated rings. The molecule has 25 heavy (non-hydrogen) atoms. The lowest BCUT2D eigenvalue weighted by Gasteiger charge is -2.25. The van der Waals surface area contributed by atoms with Crippen LogP contribution in [0.25, 0.3) is 0 Å². The van der Waals surface area contributed by atoms with E-state index in [2.05, 4.69) is 5.32 Å². The first-order valence-electron chi connectivity index (χ1n) is 9.10. The third-order valence-corrected chi connectivity index (χ3v) is 4.70. The number of aliphatic hydroxyl groups is 1. The van der Waals surface area contributed by atoms with E-state index in [1.165, 1.54) is 0 Å². The van der Waals surface area contributed by atoms with E-state index >= 15 is 0 Å². The van der Waals surface area contributed by atoms with Crippen LogP contribution in [0.15, 0.2) is 12.2 Å². The monoisotopic (exact) mass is 352 g/mol. The second kappa shape index (κ2) is 10.2. The molecule has 2 atom stereocenters.